The van der Waals surface area contributed by atoms with Crippen LogP contribution in [-0.2, 0) is 14.8 Å². The van der Waals surface area contributed by atoms with E-state index in [2.05, 4.69) is 5.32 Å². The van der Waals surface area contributed by atoms with Crippen LogP contribution in [0.3, 0.4) is 0 Å². The molecule has 6 nitrogen and oxygen atoms in total. The van der Waals surface area contributed by atoms with Crippen LogP contribution in [0.15, 0.2) is 0 Å². The number of nitrogens with one attached hydrogen (secondary N) is 1. The maximum atomic E-state index is 12.7. The lowest BCUT2D eigenvalue weighted by Gasteiger charge is -2.39. The van der Waals surface area contributed by atoms with Gasteiger partial charge in [0.2, 0.25) is 15.9 Å². The Morgan fingerprint density at radius 1 is 1.21 bits per heavy atom. The molecule has 24 heavy (non-hydrogen) atoms. The van der Waals surface area contributed by atoms with Gasteiger partial charge in [0.25, 0.3) is 0 Å². The topological polar surface area (TPSA) is 69.7 Å². The van der Waals surface area contributed by atoms with Crippen LogP contribution in [0.4, 0.5) is 13.2 Å². The number of amides is 1. The Hall–Kier alpha value is -0.870. The molecule has 2 fully saturated rings. The van der Waals surface area contributed by atoms with Crippen LogP contribution in [0.5, 0.6) is 0 Å². The van der Waals surface area contributed by atoms with E-state index in [1.807, 2.05) is 0 Å². The molecular weight excluding hydrogens is 347 g/mol. The molecule has 0 radical (unpaired) electrons. The number of halogens is 3. The fourth-order valence-corrected chi connectivity index (χ4v) is 4.48. The van der Waals surface area contributed by atoms with Gasteiger partial charge < -0.3 is 10.2 Å². The molecule has 0 bridgehead atoms. The van der Waals surface area contributed by atoms with Crippen molar-refractivity contribution in [1.29, 1.82) is 0 Å². The number of hydrogen-bond donors (Lipinski definition) is 1. The molecule has 2 aliphatic heterocycles. The highest BCUT2D eigenvalue weighted by Crippen LogP contribution is 2.25. The molecule has 2 saturated heterocycles. The normalized spacial score (nSPS) is 24.4. The van der Waals surface area contributed by atoms with Crippen molar-refractivity contribution in [3.63, 3.8) is 0 Å². The fourth-order valence-electron chi connectivity index (χ4n) is 3.35. The minimum absolute atomic E-state index is 0.0325. The van der Waals surface area contributed by atoms with E-state index in [4.69, 9.17) is 0 Å². The Balaban J connectivity index is 1.95. The van der Waals surface area contributed by atoms with E-state index >= 15 is 0 Å². The third-order valence-electron chi connectivity index (χ3n) is 4.55. The minimum Gasteiger partial charge on any atom is -0.341 e. The first-order chi connectivity index (χ1) is 11.1. The number of sulfonamides is 1. The summed E-state index contributed by atoms with van der Waals surface area (Å²) in [5, 5.41) is 3.16. The molecule has 140 valence electrons. The molecule has 10 heteroatoms. The van der Waals surface area contributed by atoms with Gasteiger partial charge in [-0.1, -0.05) is 6.42 Å². The molecule has 1 atom stereocenters. The van der Waals surface area contributed by atoms with Crippen LogP contribution in [0.2, 0.25) is 0 Å². The van der Waals surface area contributed by atoms with Gasteiger partial charge in [-0.15, -0.1) is 0 Å². The summed E-state index contributed by atoms with van der Waals surface area (Å²) in [6.07, 6.45) is -0.560. The zero-order chi connectivity index (χ0) is 18.0. The Labute approximate surface area is 140 Å². The van der Waals surface area contributed by atoms with Crippen LogP contribution in [-0.4, -0.2) is 74.2 Å². The highest BCUT2D eigenvalue weighted by molar-refractivity contribution is 7.88. The summed E-state index contributed by atoms with van der Waals surface area (Å²) in [7, 11) is -3.96. The number of hydrogen-bond acceptors (Lipinski definition) is 4. The first-order valence-corrected chi connectivity index (χ1v) is 9.98. The quantitative estimate of drug-likeness (QED) is 0.799. The van der Waals surface area contributed by atoms with Gasteiger partial charge in [0.05, 0.1) is 12.3 Å². The average molecular weight is 371 g/mol. The molecule has 1 amide bonds. The van der Waals surface area contributed by atoms with Crippen molar-refractivity contribution in [3.05, 3.63) is 0 Å². The maximum Gasteiger partial charge on any atom is 0.402 e. The molecule has 0 aromatic carbocycles. The highest BCUT2D eigenvalue weighted by atomic mass is 32.2. The van der Waals surface area contributed by atoms with Crippen molar-refractivity contribution in [3.8, 4) is 0 Å². The van der Waals surface area contributed by atoms with Gasteiger partial charge >= 0.3 is 6.18 Å². The Morgan fingerprint density at radius 2 is 1.83 bits per heavy atom. The molecule has 0 aromatic heterocycles. The number of piperidine rings is 2. The van der Waals surface area contributed by atoms with Gasteiger partial charge in [-0.2, -0.15) is 17.5 Å². The molecule has 0 saturated carbocycles. The Morgan fingerprint density at radius 3 is 2.29 bits per heavy atom. The molecule has 2 heterocycles. The predicted octanol–water partition coefficient (Wildman–Crippen LogP) is 0.943. The Bertz CT molecular complexity index is 539. The van der Waals surface area contributed by atoms with E-state index in [9.17, 15) is 26.4 Å². The maximum absolute atomic E-state index is 12.7. The summed E-state index contributed by atoms with van der Waals surface area (Å²) in [5.74, 6) is -0.0325. The van der Waals surface area contributed by atoms with Gasteiger partial charge in [-0.05, 0) is 32.2 Å². The molecule has 0 spiro atoms. The lowest BCUT2D eigenvalue weighted by atomic mass is 10.0. The van der Waals surface area contributed by atoms with Crippen molar-refractivity contribution in [2.24, 2.45) is 0 Å². The first kappa shape index (κ1) is 19.5. The van der Waals surface area contributed by atoms with Crippen LogP contribution in [0.25, 0.3) is 0 Å². The van der Waals surface area contributed by atoms with E-state index < -0.39 is 28.8 Å². The van der Waals surface area contributed by atoms with Crippen LogP contribution >= 0.6 is 0 Å². The Kier molecular flexibility index (Phi) is 6.14. The molecule has 2 rings (SSSR count). The molecule has 0 aliphatic carbocycles. The molecule has 0 aromatic rings. The van der Waals surface area contributed by atoms with E-state index in [-0.39, 0.29) is 37.9 Å². The second-order valence-electron chi connectivity index (χ2n) is 6.48. The number of alkyl halides is 3. The van der Waals surface area contributed by atoms with Crippen LogP contribution in [0, 0.1) is 0 Å². The molecule has 2 aliphatic rings. The second kappa shape index (κ2) is 7.57. The standard InChI is InChI=1S/C14H24F3N3O3S/c1-24(22,23)20(10-14(15,16)17)11-5-8-19(9-6-11)13(21)12-4-2-3-7-18-12/h11-12,18H,2-10H2,1H3. The third-order valence-corrected chi connectivity index (χ3v) is 5.83. The number of carbonyl (C=O) groups is 1. The zero-order valence-corrected chi connectivity index (χ0v) is 14.5. The summed E-state index contributed by atoms with van der Waals surface area (Å²) < 4.78 is 61.9. The zero-order valence-electron chi connectivity index (χ0n) is 13.7. The van der Waals surface area contributed by atoms with E-state index in [1.165, 1.54) is 0 Å². The van der Waals surface area contributed by atoms with Crippen molar-refractivity contribution in [1.82, 2.24) is 14.5 Å². The van der Waals surface area contributed by atoms with E-state index in [0.717, 1.165) is 32.1 Å². The van der Waals surface area contributed by atoms with Gasteiger partial charge in [-0.3, -0.25) is 4.79 Å². The average Bonchev–Trinajstić information content (AvgIpc) is 2.51. The fraction of sp³-hybridized carbons (Fsp3) is 0.929. The summed E-state index contributed by atoms with van der Waals surface area (Å²) in [6, 6.07) is -0.943. The van der Waals surface area contributed by atoms with Crippen molar-refractivity contribution in [2.45, 2.75) is 50.4 Å². The van der Waals surface area contributed by atoms with Gasteiger partial charge in [0, 0.05) is 19.1 Å². The van der Waals surface area contributed by atoms with Gasteiger partial charge in [0.1, 0.15) is 6.54 Å². The first-order valence-electron chi connectivity index (χ1n) is 8.13. The summed E-state index contributed by atoms with van der Waals surface area (Å²) in [6.45, 7) is -0.119. The molecule has 1 N–H and O–H groups in total. The summed E-state index contributed by atoms with van der Waals surface area (Å²) in [5.41, 5.74) is 0. The van der Waals surface area contributed by atoms with Gasteiger partial charge in [0.15, 0.2) is 0 Å². The smallest absolute Gasteiger partial charge is 0.341 e. The van der Waals surface area contributed by atoms with Crippen LogP contribution < -0.4 is 5.32 Å². The minimum atomic E-state index is -4.58. The molecular formula is C14H24F3N3O3S. The predicted molar refractivity (Wildman–Crippen MR) is 82.8 cm³/mol. The van der Waals surface area contributed by atoms with Crippen molar-refractivity contribution >= 4 is 15.9 Å². The number of carbonyl (C=O) groups excluding carboxylic acids is 1. The second-order valence-corrected chi connectivity index (χ2v) is 8.42. The van der Waals surface area contributed by atoms with Crippen molar-refractivity contribution < 1.29 is 26.4 Å². The van der Waals surface area contributed by atoms with Crippen molar-refractivity contribution in [2.75, 3.05) is 32.4 Å². The summed E-state index contributed by atoms with van der Waals surface area (Å²) >= 11 is 0. The largest absolute Gasteiger partial charge is 0.402 e. The lowest BCUT2D eigenvalue weighted by molar-refractivity contribution is -0.143. The van der Waals surface area contributed by atoms with E-state index in [0.29, 0.717) is 4.31 Å². The van der Waals surface area contributed by atoms with E-state index in [1.54, 1.807) is 4.90 Å². The number of likely N-dealkylation sites (tertiary alicyclic amines) is 1. The highest BCUT2D eigenvalue weighted by Gasteiger charge is 2.40. The SMILES string of the molecule is CS(=O)(=O)N(CC(F)(F)F)C1CCN(C(=O)C2CCCCN2)CC1. The summed E-state index contributed by atoms with van der Waals surface area (Å²) in [4.78, 5) is 14.0. The number of nitrogens with zero attached hydrogens (tertiary/aromatic N) is 2. The lowest BCUT2D eigenvalue weighted by Crippen LogP contribution is -2.54. The van der Waals surface area contributed by atoms with Crippen LogP contribution in [0.1, 0.15) is 32.1 Å². The third kappa shape index (κ3) is 5.32. The van der Waals surface area contributed by atoms with Gasteiger partial charge in [-0.25, -0.2) is 8.42 Å². The monoisotopic (exact) mass is 371 g/mol. The number of rotatable bonds is 4. The molecule has 1 unspecified atom stereocenters.